The minimum absolute atomic E-state index is 0.00498. The molecule has 2 aromatic carbocycles. The summed E-state index contributed by atoms with van der Waals surface area (Å²) in [6.07, 6.45) is -3.28. The molecule has 1 aromatic heterocycles. The van der Waals surface area contributed by atoms with Gasteiger partial charge in [0.15, 0.2) is 5.76 Å². The van der Waals surface area contributed by atoms with Gasteiger partial charge in [-0.05, 0) is 48.5 Å². The monoisotopic (exact) mass is 445 g/mol. The molecule has 0 bridgehead atoms. The van der Waals surface area contributed by atoms with Gasteiger partial charge in [-0.2, -0.15) is 18.4 Å². The third-order valence-electron chi connectivity index (χ3n) is 3.86. The van der Waals surface area contributed by atoms with E-state index in [9.17, 15) is 22.8 Å². The lowest BCUT2D eigenvalue weighted by atomic mass is 10.1. The van der Waals surface area contributed by atoms with Crippen LogP contribution in [0.3, 0.4) is 0 Å². The summed E-state index contributed by atoms with van der Waals surface area (Å²) in [5.74, 6) is -0.804. The summed E-state index contributed by atoms with van der Waals surface area (Å²) in [7, 11) is 0. The molecule has 0 saturated heterocycles. The molecule has 6 N–H and O–H groups in total. The fourth-order valence-electron chi connectivity index (χ4n) is 2.41. The second-order valence-corrected chi connectivity index (χ2v) is 6.33. The first-order valence-corrected chi connectivity index (χ1v) is 8.90. The third kappa shape index (κ3) is 6.53. The van der Waals surface area contributed by atoms with Crippen molar-refractivity contribution in [3.8, 4) is 6.07 Å². The highest BCUT2D eigenvalue weighted by molar-refractivity contribution is 6.02. The summed E-state index contributed by atoms with van der Waals surface area (Å²) in [4.78, 5) is 22.3. The van der Waals surface area contributed by atoms with E-state index in [1.165, 1.54) is 37.5 Å². The zero-order chi connectivity index (χ0) is 23.9. The second kappa shape index (κ2) is 10.0. The number of hydrogen-bond acceptors (Lipinski definition) is 6. The quantitative estimate of drug-likeness (QED) is 0.444. The van der Waals surface area contributed by atoms with Crippen molar-refractivity contribution in [1.29, 1.82) is 5.26 Å². The molecule has 0 spiro atoms. The van der Waals surface area contributed by atoms with Crippen LogP contribution in [-0.4, -0.2) is 11.8 Å². The van der Waals surface area contributed by atoms with Crippen LogP contribution in [0.5, 0.6) is 0 Å². The van der Waals surface area contributed by atoms with Gasteiger partial charge < -0.3 is 26.5 Å². The second-order valence-electron chi connectivity index (χ2n) is 6.33. The van der Waals surface area contributed by atoms with Crippen molar-refractivity contribution in [2.24, 2.45) is 0 Å². The van der Waals surface area contributed by atoms with Crippen LogP contribution in [0.4, 0.5) is 35.9 Å². The average molecular weight is 445 g/mol. The molecule has 166 valence electrons. The van der Waals surface area contributed by atoms with Gasteiger partial charge in [0.25, 0.3) is 5.91 Å². The minimum atomic E-state index is -4.57. The molecule has 2 amide bonds. The smallest absolute Gasteiger partial charge is 0.418 e. The number of nitrogens with two attached hydrogens (primary N) is 2. The van der Waals surface area contributed by atoms with E-state index in [0.29, 0.717) is 16.9 Å². The maximum Gasteiger partial charge on any atom is 0.418 e. The van der Waals surface area contributed by atoms with Crippen LogP contribution < -0.4 is 22.1 Å². The predicted molar refractivity (Wildman–Crippen MR) is 112 cm³/mol. The molecule has 0 unspecified atom stereocenters. The zero-order valence-corrected chi connectivity index (χ0v) is 16.7. The number of nitriles is 1. The highest BCUT2D eigenvalue weighted by atomic mass is 19.4. The number of nitrogens with one attached hydrogen (secondary N) is 2. The van der Waals surface area contributed by atoms with E-state index in [0.717, 1.165) is 12.1 Å². The van der Waals surface area contributed by atoms with Gasteiger partial charge >= 0.3 is 6.18 Å². The molecule has 0 saturated carbocycles. The molecular formula is C21H18F3N5O3. The maximum absolute atomic E-state index is 12.6. The molecular weight excluding hydrogens is 427 g/mol. The Labute approximate surface area is 180 Å². The van der Waals surface area contributed by atoms with Crippen LogP contribution in [-0.2, 0) is 11.0 Å². The molecule has 0 aliphatic heterocycles. The minimum Gasteiger partial charge on any atom is -0.459 e. The summed E-state index contributed by atoms with van der Waals surface area (Å²) in [5, 5.41) is 13.5. The molecule has 8 nitrogen and oxygen atoms in total. The lowest BCUT2D eigenvalue weighted by Crippen LogP contribution is -2.13. The Balaban J connectivity index is 0.000000244. The van der Waals surface area contributed by atoms with E-state index in [-0.39, 0.29) is 17.4 Å². The molecule has 0 radical (unpaired) electrons. The first-order chi connectivity index (χ1) is 15.0. The number of benzene rings is 2. The molecule has 0 fully saturated rings. The Morgan fingerprint density at radius 1 is 1.00 bits per heavy atom. The molecule has 3 aromatic rings. The molecule has 3 rings (SSSR count). The number of nitrogen functional groups attached to an aromatic ring is 2. The molecule has 32 heavy (non-hydrogen) atoms. The number of furan rings is 1. The molecule has 0 aliphatic carbocycles. The third-order valence-corrected chi connectivity index (χ3v) is 3.86. The van der Waals surface area contributed by atoms with Gasteiger partial charge in [-0.15, -0.1) is 0 Å². The summed E-state index contributed by atoms with van der Waals surface area (Å²) >= 11 is 0. The topological polar surface area (TPSA) is 147 Å². The number of alkyl halides is 3. The summed E-state index contributed by atoms with van der Waals surface area (Å²) in [6.45, 7) is 1.41. The van der Waals surface area contributed by atoms with E-state index in [4.69, 9.17) is 21.1 Å². The van der Waals surface area contributed by atoms with Gasteiger partial charge in [-0.25, -0.2) is 0 Å². The van der Waals surface area contributed by atoms with E-state index in [1.807, 2.05) is 6.07 Å². The summed E-state index contributed by atoms with van der Waals surface area (Å²) in [6, 6.07) is 12.7. The molecule has 0 aliphatic rings. The Bertz CT molecular complexity index is 1150. The largest absolute Gasteiger partial charge is 0.459 e. The zero-order valence-electron chi connectivity index (χ0n) is 16.7. The summed E-state index contributed by atoms with van der Waals surface area (Å²) < 4.78 is 42.7. The van der Waals surface area contributed by atoms with Crippen molar-refractivity contribution in [3.63, 3.8) is 0 Å². The van der Waals surface area contributed by atoms with Crippen LogP contribution in [0.15, 0.2) is 59.2 Å². The first-order valence-electron chi connectivity index (χ1n) is 8.90. The normalized spacial score (nSPS) is 10.3. The fraction of sp³-hybridized carbons (Fsp3) is 0.0952. The van der Waals surface area contributed by atoms with E-state index < -0.39 is 23.3 Å². The number of anilines is 4. The first kappa shape index (κ1) is 23.8. The molecule has 0 atom stereocenters. The average Bonchev–Trinajstić information content (AvgIpc) is 3.25. The van der Waals surface area contributed by atoms with Crippen molar-refractivity contribution in [2.75, 3.05) is 22.1 Å². The number of carbonyl (C=O) groups is 2. The van der Waals surface area contributed by atoms with Crippen molar-refractivity contribution < 1.29 is 27.2 Å². The van der Waals surface area contributed by atoms with Gasteiger partial charge in [-0.3, -0.25) is 9.59 Å². The summed E-state index contributed by atoms with van der Waals surface area (Å²) in [5.41, 5.74) is 10.7. The lowest BCUT2D eigenvalue weighted by Gasteiger charge is -2.12. The van der Waals surface area contributed by atoms with Gasteiger partial charge in [0, 0.05) is 29.7 Å². The Morgan fingerprint density at radius 3 is 2.16 bits per heavy atom. The van der Waals surface area contributed by atoms with Gasteiger partial charge in [0.1, 0.15) is 6.07 Å². The number of rotatable bonds is 3. The van der Waals surface area contributed by atoms with Gasteiger partial charge in [0.2, 0.25) is 5.91 Å². The lowest BCUT2D eigenvalue weighted by molar-refractivity contribution is -0.136. The Hall–Kier alpha value is -4.46. The van der Waals surface area contributed by atoms with Gasteiger partial charge in [0.05, 0.1) is 17.4 Å². The number of hydrogen-bond donors (Lipinski definition) is 4. The van der Waals surface area contributed by atoms with Crippen LogP contribution >= 0.6 is 0 Å². The van der Waals surface area contributed by atoms with E-state index >= 15 is 0 Å². The fourth-order valence-corrected chi connectivity index (χ4v) is 2.41. The highest BCUT2D eigenvalue weighted by Crippen LogP contribution is 2.35. The van der Waals surface area contributed by atoms with Crippen molar-refractivity contribution in [3.05, 3.63) is 71.7 Å². The highest BCUT2D eigenvalue weighted by Gasteiger charge is 2.33. The van der Waals surface area contributed by atoms with Crippen LogP contribution in [0.25, 0.3) is 0 Å². The predicted octanol–water partition coefficient (Wildman–Crippen LogP) is 4.23. The van der Waals surface area contributed by atoms with Crippen molar-refractivity contribution >= 4 is 34.6 Å². The number of amides is 2. The van der Waals surface area contributed by atoms with Crippen LogP contribution in [0.1, 0.15) is 28.6 Å². The number of halogens is 3. The van der Waals surface area contributed by atoms with Crippen LogP contribution in [0, 0.1) is 11.3 Å². The van der Waals surface area contributed by atoms with E-state index in [2.05, 4.69) is 10.6 Å². The van der Waals surface area contributed by atoms with E-state index in [1.54, 1.807) is 12.1 Å². The maximum atomic E-state index is 12.6. The Kier molecular flexibility index (Phi) is 7.47. The number of nitrogens with zero attached hydrogens (tertiary/aromatic N) is 1. The van der Waals surface area contributed by atoms with Gasteiger partial charge in [-0.1, -0.05) is 0 Å². The van der Waals surface area contributed by atoms with Crippen molar-refractivity contribution in [1.82, 2.24) is 0 Å². The number of carbonyl (C=O) groups excluding carboxylic acids is 2. The standard InChI is InChI=1S/C12H9F3N2O2.C9H9N3O/c13-12(14,15)8-6-7(3-4-9(8)16)17-11(18)10-2-1-5-19-10;1-6(13)12-8-2-3-9(11)7(4-8)5-10/h1-6H,16H2,(H,17,18);2-4H,11H2,1H3,(H,12,13). The molecule has 1 heterocycles. The molecule has 11 heteroatoms. The Morgan fingerprint density at radius 2 is 1.62 bits per heavy atom. The van der Waals surface area contributed by atoms with Crippen LogP contribution in [0.2, 0.25) is 0 Å². The van der Waals surface area contributed by atoms with Crippen molar-refractivity contribution in [2.45, 2.75) is 13.1 Å². The SMILES string of the molecule is CC(=O)Nc1ccc(N)c(C#N)c1.Nc1ccc(NC(=O)c2ccco2)cc1C(F)(F)F.